The highest BCUT2D eigenvalue weighted by atomic mass is 16.5. The summed E-state index contributed by atoms with van der Waals surface area (Å²) in [6.07, 6.45) is 0. The maximum atomic E-state index is 11.7. The molecule has 0 fully saturated rings. The fourth-order valence-corrected chi connectivity index (χ4v) is 1.31. The molecule has 2 amide bonds. The van der Waals surface area contributed by atoms with Gasteiger partial charge in [0.05, 0.1) is 6.61 Å². The van der Waals surface area contributed by atoms with Crippen molar-refractivity contribution in [3.05, 3.63) is 29.3 Å². The zero-order chi connectivity index (χ0) is 13.5. The van der Waals surface area contributed by atoms with Crippen molar-refractivity contribution in [3.63, 3.8) is 0 Å². The van der Waals surface area contributed by atoms with Crippen molar-refractivity contribution in [1.82, 2.24) is 5.32 Å². The molecular weight excluding hydrogens is 236 g/mol. The van der Waals surface area contributed by atoms with Crippen molar-refractivity contribution in [3.8, 4) is 5.75 Å². The third-order valence-electron chi connectivity index (χ3n) is 2.24. The van der Waals surface area contributed by atoms with Crippen LogP contribution in [0.1, 0.15) is 15.9 Å². The number of primary amides is 1. The molecule has 0 aliphatic carbocycles. The van der Waals surface area contributed by atoms with Crippen LogP contribution in [0.5, 0.6) is 5.75 Å². The Labute approximate surface area is 105 Å². The fourth-order valence-electron chi connectivity index (χ4n) is 1.31. The topological polar surface area (TPSA) is 102 Å². The molecule has 0 radical (unpaired) electrons. The highest BCUT2D eigenvalue weighted by Crippen LogP contribution is 2.16. The van der Waals surface area contributed by atoms with E-state index in [9.17, 15) is 14.7 Å². The predicted octanol–water partition coefficient (Wildman–Crippen LogP) is -0.0677. The zero-order valence-electron chi connectivity index (χ0n) is 10.1. The molecule has 18 heavy (non-hydrogen) atoms. The van der Waals surface area contributed by atoms with Crippen LogP contribution in [-0.2, 0) is 9.53 Å². The lowest BCUT2D eigenvalue weighted by Crippen LogP contribution is -2.28. The number of carbonyl (C=O) groups is 2. The standard InChI is InChI=1S/C12H16N2O4/c1-8-6-9(2-3-10(8)15)12(17)14-4-5-18-7-11(13)16/h2-3,6,15H,4-5,7H2,1H3,(H2,13,16)(H,14,17). The Balaban J connectivity index is 2.36. The van der Waals surface area contributed by atoms with E-state index >= 15 is 0 Å². The first kappa shape index (κ1) is 14.0. The number of nitrogens with one attached hydrogen (secondary N) is 1. The lowest BCUT2D eigenvalue weighted by molar-refractivity contribution is -0.122. The van der Waals surface area contributed by atoms with E-state index in [0.29, 0.717) is 11.1 Å². The number of carbonyl (C=O) groups excluding carboxylic acids is 2. The van der Waals surface area contributed by atoms with E-state index in [2.05, 4.69) is 5.32 Å². The summed E-state index contributed by atoms with van der Waals surface area (Å²) in [4.78, 5) is 22.0. The minimum Gasteiger partial charge on any atom is -0.508 e. The first-order chi connectivity index (χ1) is 8.50. The van der Waals surface area contributed by atoms with Crippen LogP contribution in [0.3, 0.4) is 0 Å². The average molecular weight is 252 g/mol. The van der Waals surface area contributed by atoms with E-state index in [1.807, 2.05) is 0 Å². The van der Waals surface area contributed by atoms with Crippen LogP contribution < -0.4 is 11.1 Å². The summed E-state index contributed by atoms with van der Waals surface area (Å²) < 4.78 is 4.89. The van der Waals surface area contributed by atoms with Crippen LogP contribution >= 0.6 is 0 Å². The Morgan fingerprint density at radius 2 is 2.17 bits per heavy atom. The molecule has 6 heteroatoms. The first-order valence-corrected chi connectivity index (χ1v) is 5.44. The molecule has 0 saturated carbocycles. The second kappa shape index (κ2) is 6.61. The van der Waals surface area contributed by atoms with Crippen molar-refractivity contribution in [1.29, 1.82) is 0 Å². The minimum atomic E-state index is -0.546. The fraction of sp³-hybridized carbons (Fsp3) is 0.333. The van der Waals surface area contributed by atoms with Crippen molar-refractivity contribution in [2.24, 2.45) is 5.73 Å². The van der Waals surface area contributed by atoms with Crippen LogP contribution in [0.25, 0.3) is 0 Å². The van der Waals surface area contributed by atoms with Gasteiger partial charge in [0.15, 0.2) is 0 Å². The van der Waals surface area contributed by atoms with Gasteiger partial charge >= 0.3 is 0 Å². The van der Waals surface area contributed by atoms with Gasteiger partial charge in [0, 0.05) is 12.1 Å². The summed E-state index contributed by atoms with van der Waals surface area (Å²) in [5, 5.41) is 11.9. The first-order valence-electron chi connectivity index (χ1n) is 5.44. The number of amides is 2. The van der Waals surface area contributed by atoms with Crippen LogP contribution in [0.4, 0.5) is 0 Å². The smallest absolute Gasteiger partial charge is 0.251 e. The maximum Gasteiger partial charge on any atom is 0.251 e. The lowest BCUT2D eigenvalue weighted by atomic mass is 10.1. The van der Waals surface area contributed by atoms with Gasteiger partial charge in [-0.3, -0.25) is 9.59 Å². The molecule has 0 aliphatic heterocycles. The van der Waals surface area contributed by atoms with E-state index in [0.717, 1.165) is 0 Å². The molecule has 98 valence electrons. The largest absolute Gasteiger partial charge is 0.508 e. The number of nitrogens with two attached hydrogens (primary N) is 1. The van der Waals surface area contributed by atoms with Gasteiger partial charge in [0.2, 0.25) is 5.91 Å². The summed E-state index contributed by atoms with van der Waals surface area (Å²) in [6.45, 7) is 2.05. The van der Waals surface area contributed by atoms with Gasteiger partial charge in [-0.05, 0) is 30.7 Å². The number of phenols is 1. The Hall–Kier alpha value is -2.08. The second-order valence-corrected chi connectivity index (χ2v) is 3.78. The Morgan fingerprint density at radius 1 is 1.44 bits per heavy atom. The predicted molar refractivity (Wildman–Crippen MR) is 65.2 cm³/mol. The Kier molecular flexibility index (Phi) is 5.13. The van der Waals surface area contributed by atoms with Crippen molar-refractivity contribution < 1.29 is 19.4 Å². The van der Waals surface area contributed by atoms with E-state index in [4.69, 9.17) is 10.5 Å². The zero-order valence-corrected chi connectivity index (χ0v) is 10.1. The number of aromatic hydroxyl groups is 1. The van der Waals surface area contributed by atoms with Gasteiger partial charge in [-0.15, -0.1) is 0 Å². The number of ether oxygens (including phenoxy) is 1. The molecule has 0 saturated heterocycles. The molecular formula is C12H16N2O4. The van der Waals surface area contributed by atoms with E-state index in [1.54, 1.807) is 13.0 Å². The number of aryl methyl sites for hydroxylation is 1. The highest BCUT2D eigenvalue weighted by Gasteiger charge is 2.06. The summed E-state index contributed by atoms with van der Waals surface area (Å²) in [7, 11) is 0. The normalized spacial score (nSPS) is 10.1. The van der Waals surface area contributed by atoms with Crippen LogP contribution in [0.2, 0.25) is 0 Å². The number of hydrogen-bond acceptors (Lipinski definition) is 4. The molecule has 1 aromatic carbocycles. The highest BCUT2D eigenvalue weighted by molar-refractivity contribution is 5.94. The number of hydrogen-bond donors (Lipinski definition) is 3. The maximum absolute atomic E-state index is 11.7. The summed E-state index contributed by atoms with van der Waals surface area (Å²) in [5.74, 6) is -0.660. The molecule has 0 atom stereocenters. The van der Waals surface area contributed by atoms with E-state index in [1.165, 1.54) is 12.1 Å². The molecule has 0 spiro atoms. The number of phenolic OH excluding ortho intramolecular Hbond substituents is 1. The Morgan fingerprint density at radius 3 is 2.78 bits per heavy atom. The molecule has 4 N–H and O–H groups in total. The Bertz CT molecular complexity index is 446. The monoisotopic (exact) mass is 252 g/mol. The van der Waals surface area contributed by atoms with Crippen LogP contribution in [0.15, 0.2) is 18.2 Å². The van der Waals surface area contributed by atoms with Gasteiger partial charge < -0.3 is 20.9 Å². The quantitative estimate of drug-likeness (QED) is 0.617. The molecule has 0 unspecified atom stereocenters. The third-order valence-corrected chi connectivity index (χ3v) is 2.24. The van der Waals surface area contributed by atoms with Crippen LogP contribution in [0, 0.1) is 6.92 Å². The molecule has 0 aromatic heterocycles. The second-order valence-electron chi connectivity index (χ2n) is 3.78. The SMILES string of the molecule is Cc1cc(C(=O)NCCOCC(N)=O)ccc1O. The molecule has 0 heterocycles. The van der Waals surface area contributed by atoms with Gasteiger partial charge in [-0.1, -0.05) is 0 Å². The third kappa shape index (κ3) is 4.42. The van der Waals surface area contributed by atoms with E-state index in [-0.39, 0.29) is 31.4 Å². The van der Waals surface area contributed by atoms with E-state index < -0.39 is 5.91 Å². The molecule has 6 nitrogen and oxygen atoms in total. The molecule has 0 bridgehead atoms. The van der Waals surface area contributed by atoms with Crippen molar-refractivity contribution >= 4 is 11.8 Å². The van der Waals surface area contributed by atoms with Crippen LogP contribution in [-0.4, -0.2) is 36.7 Å². The van der Waals surface area contributed by atoms with Crippen molar-refractivity contribution in [2.75, 3.05) is 19.8 Å². The summed E-state index contributed by atoms with van der Waals surface area (Å²) >= 11 is 0. The summed E-state index contributed by atoms with van der Waals surface area (Å²) in [6, 6.07) is 4.59. The molecule has 1 rings (SSSR count). The van der Waals surface area contributed by atoms with Gasteiger partial charge in [-0.2, -0.15) is 0 Å². The minimum absolute atomic E-state index is 0.149. The number of rotatable bonds is 6. The van der Waals surface area contributed by atoms with Gasteiger partial charge in [0.1, 0.15) is 12.4 Å². The molecule has 1 aromatic rings. The number of benzene rings is 1. The molecule has 0 aliphatic rings. The van der Waals surface area contributed by atoms with Gasteiger partial charge in [-0.25, -0.2) is 0 Å². The average Bonchev–Trinajstić information content (AvgIpc) is 2.31. The lowest BCUT2D eigenvalue weighted by Gasteiger charge is -2.06. The van der Waals surface area contributed by atoms with Gasteiger partial charge in [0.25, 0.3) is 5.91 Å². The van der Waals surface area contributed by atoms with Crippen molar-refractivity contribution in [2.45, 2.75) is 6.92 Å². The summed E-state index contributed by atoms with van der Waals surface area (Å²) in [5.41, 5.74) is 5.97.